The summed E-state index contributed by atoms with van der Waals surface area (Å²) in [6.07, 6.45) is 9.93. The number of rotatable bonds is 20. The van der Waals surface area contributed by atoms with Gasteiger partial charge in [0.05, 0.1) is 30.5 Å². The Morgan fingerprint density at radius 1 is 0.562 bits per heavy atom. The van der Waals surface area contributed by atoms with Crippen LogP contribution in [0.1, 0.15) is 184 Å². The molecular formula is C98H156N2O28. The third kappa shape index (κ3) is 49.7. The summed E-state index contributed by atoms with van der Waals surface area (Å²) < 4.78 is 35.3. The molecule has 128 heavy (non-hydrogen) atoms. The number of ether oxygens (including phenoxy) is 6. The molecule has 1 amide bonds. The van der Waals surface area contributed by atoms with E-state index in [2.05, 4.69) is 339 Å². The fraction of sp³-hybridized carbons (Fsp3) is 0.398. The maximum absolute atomic E-state index is 14.4. The zero-order chi connectivity index (χ0) is 94.1. The number of cyclic esters (lactones) is 1. The Bertz CT molecular complexity index is 5740. The smallest absolute Gasteiger partial charge is 0.330 e. The first-order chi connectivity index (χ1) is 61.9. The Labute approximate surface area is 799 Å². The molecule has 6 N–H and O–H groups in total. The molecule has 3 fully saturated rings. The monoisotopic (exact) mass is 1810 g/mol. The maximum Gasteiger partial charge on any atom is 0.330 e. The van der Waals surface area contributed by atoms with Gasteiger partial charge in [-0.15, -0.1) is 6.42 Å². The highest BCUT2D eigenvalue weighted by Crippen LogP contribution is 2.40. The number of allylic oxidation sites excluding steroid dienone is 4. The summed E-state index contributed by atoms with van der Waals surface area (Å²) in [5, 5.41) is 82.3. The van der Waals surface area contributed by atoms with Gasteiger partial charge in [-0.1, -0.05) is 60.5 Å². The summed E-state index contributed by atoms with van der Waals surface area (Å²) in [4.78, 5) is 78.5. The summed E-state index contributed by atoms with van der Waals surface area (Å²) in [7, 11) is 4.56. The number of carbonyl (C=O) groups is 5. The fourth-order valence-electron chi connectivity index (χ4n) is 11.5. The fourth-order valence-corrected chi connectivity index (χ4v) is 11.5. The molecule has 4 rings (SSSR count). The second-order valence-corrected chi connectivity index (χ2v) is 26.9. The Morgan fingerprint density at radius 2 is 0.977 bits per heavy atom. The van der Waals surface area contributed by atoms with Gasteiger partial charge in [-0.3, -0.25) is 14.4 Å². The number of carbonyl (C=O) groups excluding carboxylic acids is 5. The second-order valence-electron chi connectivity index (χ2n) is 26.9. The number of esters is 2. The van der Waals surface area contributed by atoms with Crippen LogP contribution in [0.2, 0.25) is 0 Å². The van der Waals surface area contributed by atoms with Crippen LogP contribution in [-0.2, 0) is 113 Å². The molecule has 1 aliphatic carbocycles. The number of methoxy groups -OCH3 is 3. The Hall–Kier alpha value is -14.5. The lowest BCUT2D eigenvalue weighted by Gasteiger charge is -2.47. The molecule has 726 valence electrons. The summed E-state index contributed by atoms with van der Waals surface area (Å²) in [5.41, 5.74) is 2.14. The molecule has 14 atom stereocenters. The zero-order valence-corrected chi connectivity index (χ0v) is 71.5. The van der Waals surface area contributed by atoms with Gasteiger partial charge in [0.15, 0.2) is 0 Å². The van der Waals surface area contributed by atoms with Gasteiger partial charge in [-0.25, -0.2) is 20.1 Å². The number of Topliss-reactive ketones (excluding diaryl/α,β-unsaturated/α-hetero) is 2. The van der Waals surface area contributed by atoms with E-state index in [1.807, 2.05) is 26.0 Å². The minimum absolute atomic E-state index is 0. The highest BCUT2D eigenvalue weighted by atomic mass is 17.9. The van der Waals surface area contributed by atoms with E-state index in [9.17, 15) is 39.3 Å². The van der Waals surface area contributed by atoms with Crippen LogP contribution in [0.3, 0.4) is 0 Å². The molecule has 0 unspecified atom stereocenters. The van der Waals surface area contributed by atoms with E-state index in [1.165, 1.54) is 25.9 Å². The highest BCUT2D eigenvalue weighted by Gasteiger charge is 2.57. The number of hydrogen-bond acceptors (Lipinski definition) is 29. The van der Waals surface area contributed by atoms with Crippen LogP contribution in [0, 0.1) is 314 Å². The van der Waals surface area contributed by atoms with Gasteiger partial charge in [-0.2, -0.15) is 0 Å². The van der Waals surface area contributed by atoms with E-state index in [4.69, 9.17) is 45.4 Å². The van der Waals surface area contributed by atoms with Crippen LogP contribution in [0.25, 0.3) is 0 Å². The van der Waals surface area contributed by atoms with Crippen LogP contribution in [0.4, 0.5) is 0 Å². The minimum Gasteiger partial charge on any atom is -0.457 e. The largest absolute Gasteiger partial charge is 0.457 e. The number of nitrogens with zero attached hydrogens (tertiary/aromatic N) is 1. The highest BCUT2D eigenvalue weighted by molar-refractivity contribution is 6.39. The molecule has 0 aromatic heterocycles. The number of aliphatic hydroxyl groups excluding tert-OH is 2. The van der Waals surface area contributed by atoms with Crippen molar-refractivity contribution in [3.63, 3.8) is 0 Å². The first-order valence-electron chi connectivity index (χ1n) is 37.9. The number of terminal acetylenes is 1. The number of aliphatic hydroxyl groups is 3. The van der Waals surface area contributed by atoms with Crippen molar-refractivity contribution in [2.24, 2.45) is 29.6 Å². The number of amides is 1. The normalized spacial score (nSPS) is 21.8. The summed E-state index contributed by atoms with van der Waals surface area (Å²) in [6.45, 7) is 16.1. The first kappa shape index (κ1) is 110. The van der Waals surface area contributed by atoms with E-state index in [0.29, 0.717) is 50.5 Å². The summed E-state index contributed by atoms with van der Waals surface area (Å²) in [6, 6.07) is -1.19. The summed E-state index contributed by atoms with van der Waals surface area (Å²) in [5.74, 6) is 108. The molecule has 2 bridgehead atoms. The Morgan fingerprint density at radius 3 is 1.38 bits per heavy atom. The SMILES string of the molecule is C#CC#CC#CC#CC#CC#CC#CC#CC#CC#CC#CC#CC#CC#CC#CC#CC#CC#CC#CC#CC#CC#CC#CC#CC.CO[C@H]1C[C@@H](C)C/C(C)=C/[C@@H](C/C=C/C(=O)OC(C)(C)C)C(=O)C[C@H](O)[C@@H](C)[C@@H](/C(C)=C/[C@@H]2CC[C@@H](O)[C@H](OC)C2)OC(=O)[C@@H]2CCCCN2C(=O)C(=O)[C@]2(O)O[C@H]1[C@@H](OC)C[C@H]2C.OOOOOOONOOOOOOO.[HH].[HH].[HH].[HH].[HH].[HH].[HH].[HH].[HH].[HH].[HH].[HH].[HH].[HH].[HH].[HH].[HH].[HH].[HH].[HH].[HH].[HH].[HH].[HH].[HH].[HH].[HH].[HH].[HH].[HH].[HH].[HH].[HH].[HH].[HH].[HH]. The number of nitrogens with one attached hydrogen (secondary N) is 1. The molecule has 30 heteroatoms. The lowest BCUT2D eigenvalue weighted by atomic mass is 9.81. The lowest BCUT2D eigenvalue weighted by Crippen LogP contribution is -2.64. The van der Waals surface area contributed by atoms with E-state index < -0.39 is 102 Å². The van der Waals surface area contributed by atoms with Crippen molar-refractivity contribution in [3.05, 3.63) is 35.5 Å². The molecule has 2 saturated heterocycles. The van der Waals surface area contributed by atoms with Crippen molar-refractivity contribution >= 4 is 29.4 Å². The average molecular weight is 1810 g/mol. The van der Waals surface area contributed by atoms with Crippen molar-refractivity contribution in [1.82, 2.24) is 10.5 Å². The van der Waals surface area contributed by atoms with Crippen molar-refractivity contribution < 1.29 is 190 Å². The van der Waals surface area contributed by atoms with E-state index in [1.54, 1.807) is 61.7 Å². The van der Waals surface area contributed by atoms with Gasteiger partial charge >= 0.3 is 11.9 Å². The number of fused-ring (bicyclic) bond motifs is 3. The lowest BCUT2D eigenvalue weighted by molar-refractivity contribution is -0.816. The Balaban J connectivity index is -0.0000000462. The quantitative estimate of drug-likeness (QED) is 0.00963. The third-order valence-corrected chi connectivity index (χ3v) is 16.8. The third-order valence-electron chi connectivity index (χ3n) is 16.8. The van der Waals surface area contributed by atoms with E-state index in [-0.39, 0.29) is 101 Å². The maximum atomic E-state index is 14.4. The number of piperidine rings is 1. The zero-order valence-electron chi connectivity index (χ0n) is 71.5. The number of ketones is 2. The standard InChI is InChI=1S/C49H77NO14.C49H4.H3NO14.36H2/c1-28-21-29(2)23-40(60-10)44-41(61-11)25-31(4)49(58,64-44)45(55)46(56)50-20-13-12-16-35(50)47(57)62-43(30(3)24-33-18-19-36(51)39(26-33)59-9)32(5)37(52)27-38(53)34(22-28)15-14-17-42(54)63-48(6,7)8;1-3-5-7-9-11-13-15-17-19-21-23-25-27-29-31-33-35-37-39-41-43-45-47-49-48-46-44-42-40-38-36-34-32-30-28-26-24-22-20-18-16-14-12-10-8-6-4-2;2-6-10-14-12-8-4-1-5-9-13-15-11-7-3;;;;;;;;;;;;;;;;;;;;;;;;;;;;;;;;;;;;/h14,17,22,24,29,31-37,39-41,43-44,51-52,58H,12-13,15-16,18-21,23,25-27H2,1-11H3;1H,2H3;1-3H;36*1H/b17-14+,28-22+,30-24+;;;;;;;;;;;;;;;;;;;;;;;;;;;;;;;;;;;;;;/t29-,31+,32+,33-,34+,35-,36+,37-,39+,40-,41-,43+,44+,49+;;;;;;;;;;;;;;;;;;;;;;;;;;;;;;;;;;;;;;/m0....................................../s1. The van der Waals surface area contributed by atoms with Gasteiger partial charge in [-0.05, 0) is 274 Å². The molecular weight excluding hydrogens is 1650 g/mol. The van der Waals surface area contributed by atoms with Crippen molar-refractivity contribution in [2.75, 3.05) is 27.9 Å². The molecule has 0 radical (unpaired) electrons. The first-order valence-corrected chi connectivity index (χ1v) is 37.9. The molecule has 4 aliphatic rings. The number of hydrogen-bond donors (Lipinski definition) is 6. The van der Waals surface area contributed by atoms with Gasteiger partial charge in [0.1, 0.15) is 29.6 Å². The van der Waals surface area contributed by atoms with Crippen molar-refractivity contribution in [3.8, 4) is 285 Å². The van der Waals surface area contributed by atoms with Crippen LogP contribution in [0.15, 0.2) is 35.5 Å². The predicted octanol–water partition coefficient (Wildman–Crippen LogP) is 13.6. The molecule has 0 aromatic rings. The summed E-state index contributed by atoms with van der Waals surface area (Å²) >= 11 is 0. The van der Waals surface area contributed by atoms with Crippen molar-refractivity contribution in [1.29, 1.82) is 0 Å². The minimum atomic E-state index is -2.55. The van der Waals surface area contributed by atoms with Crippen LogP contribution in [-0.4, -0.2) is 148 Å². The van der Waals surface area contributed by atoms with Gasteiger partial charge in [0.2, 0.25) is 5.79 Å². The van der Waals surface area contributed by atoms with Crippen LogP contribution >= 0.6 is 0 Å². The van der Waals surface area contributed by atoms with Gasteiger partial charge in [0, 0.05) is 287 Å². The molecule has 0 spiro atoms. The van der Waals surface area contributed by atoms with Gasteiger partial charge in [0.25, 0.3) is 11.7 Å². The van der Waals surface area contributed by atoms with Gasteiger partial charge < -0.3 is 48.6 Å². The molecule has 1 saturated carbocycles. The second kappa shape index (κ2) is 68.9. The van der Waals surface area contributed by atoms with Crippen LogP contribution < -0.4 is 5.64 Å². The molecule has 3 heterocycles. The van der Waals surface area contributed by atoms with E-state index in [0.717, 1.165) is 10.5 Å². The van der Waals surface area contributed by atoms with Crippen molar-refractivity contribution in [2.45, 2.75) is 193 Å². The topological polar surface area (TPSA) is 368 Å². The van der Waals surface area contributed by atoms with Crippen LogP contribution in [0.5, 0.6) is 0 Å². The molecule has 3 aliphatic heterocycles. The van der Waals surface area contributed by atoms with E-state index >= 15 is 0 Å². The molecule has 0 aromatic carbocycles. The molecule has 30 nitrogen and oxygen atoms in total. The predicted molar refractivity (Wildman–Crippen MR) is 528 cm³/mol. The average Bonchev–Trinajstić information content (AvgIpc) is 0.784. The Kier molecular flexibility index (Phi) is 59.0.